The molecule has 0 aromatic heterocycles. The van der Waals surface area contributed by atoms with Crippen LogP contribution in [0.4, 0.5) is 0 Å². The standard InChI is InChI=1S/C27H36N2O3/c1-2-8-25(30)24-17-21(15-16-29(24)18-19-9-4-3-5-10-19)28-27(32)23-14-13-20-11-6-7-12-22(20)26(23)31/h6-7,11-14,19,21,24,31H,2-5,8-10,15-18H2,1H3,(H,28,32)/t21-,24+/m1/s1. The SMILES string of the molecule is CCCC(=O)[C@@H]1C[C@H](NC(=O)c2ccc3ccccc3c2O)CCN1CC1CCCCC1. The monoisotopic (exact) mass is 436 g/mol. The van der Waals surface area contributed by atoms with Gasteiger partial charge in [0.1, 0.15) is 11.5 Å². The van der Waals surface area contributed by atoms with Crippen molar-refractivity contribution in [2.75, 3.05) is 13.1 Å². The highest BCUT2D eigenvalue weighted by Crippen LogP contribution is 2.30. The molecule has 2 aliphatic rings. The van der Waals surface area contributed by atoms with E-state index >= 15 is 0 Å². The number of hydrogen-bond acceptors (Lipinski definition) is 4. The molecule has 0 spiro atoms. The highest BCUT2D eigenvalue weighted by atomic mass is 16.3. The maximum Gasteiger partial charge on any atom is 0.255 e. The van der Waals surface area contributed by atoms with Crippen molar-refractivity contribution in [3.63, 3.8) is 0 Å². The normalized spacial score (nSPS) is 22.7. The molecule has 32 heavy (non-hydrogen) atoms. The number of carbonyl (C=O) groups is 2. The number of ketones is 1. The molecule has 2 aromatic carbocycles. The van der Waals surface area contributed by atoms with E-state index in [1.165, 1.54) is 32.1 Å². The molecule has 5 nitrogen and oxygen atoms in total. The van der Waals surface area contributed by atoms with Gasteiger partial charge in [-0.3, -0.25) is 14.5 Å². The molecule has 2 N–H and O–H groups in total. The van der Waals surface area contributed by atoms with E-state index in [-0.39, 0.29) is 23.7 Å². The number of phenolic OH excluding ortho intramolecular Hbond substituents is 1. The van der Waals surface area contributed by atoms with Crippen LogP contribution in [-0.4, -0.2) is 46.9 Å². The molecule has 0 radical (unpaired) electrons. The first-order chi connectivity index (χ1) is 15.6. The van der Waals surface area contributed by atoms with Gasteiger partial charge in [-0.05, 0) is 49.5 Å². The van der Waals surface area contributed by atoms with Gasteiger partial charge >= 0.3 is 0 Å². The number of piperidine rings is 1. The lowest BCUT2D eigenvalue weighted by Crippen LogP contribution is -2.54. The Labute approximate surface area is 191 Å². The molecule has 1 amide bonds. The Bertz CT molecular complexity index is 951. The van der Waals surface area contributed by atoms with Gasteiger partial charge in [-0.25, -0.2) is 0 Å². The number of hydrogen-bond donors (Lipinski definition) is 2. The lowest BCUT2D eigenvalue weighted by atomic mass is 9.86. The van der Waals surface area contributed by atoms with E-state index in [1.54, 1.807) is 6.07 Å². The first kappa shape index (κ1) is 22.8. The lowest BCUT2D eigenvalue weighted by molar-refractivity contribution is -0.126. The third-order valence-electron chi connectivity index (χ3n) is 7.28. The Kier molecular flexibility index (Phi) is 7.46. The predicted molar refractivity (Wildman–Crippen MR) is 128 cm³/mol. The number of rotatable bonds is 7. The molecule has 2 atom stereocenters. The summed E-state index contributed by atoms with van der Waals surface area (Å²) < 4.78 is 0. The third-order valence-corrected chi connectivity index (χ3v) is 7.28. The zero-order valence-electron chi connectivity index (χ0n) is 19.2. The second-order valence-corrected chi connectivity index (χ2v) is 9.61. The summed E-state index contributed by atoms with van der Waals surface area (Å²) >= 11 is 0. The number of fused-ring (bicyclic) bond motifs is 1. The minimum Gasteiger partial charge on any atom is -0.506 e. The second kappa shape index (κ2) is 10.5. The third kappa shape index (κ3) is 5.15. The van der Waals surface area contributed by atoms with Crippen LogP contribution in [0.25, 0.3) is 10.8 Å². The van der Waals surface area contributed by atoms with Crippen molar-refractivity contribution in [3.05, 3.63) is 42.0 Å². The molecule has 5 heteroatoms. The van der Waals surface area contributed by atoms with Crippen molar-refractivity contribution in [2.45, 2.75) is 76.8 Å². The topological polar surface area (TPSA) is 69.6 Å². The molecular weight excluding hydrogens is 400 g/mol. The van der Waals surface area contributed by atoms with Crippen molar-refractivity contribution in [1.82, 2.24) is 10.2 Å². The lowest BCUT2D eigenvalue weighted by Gasteiger charge is -2.41. The molecular formula is C27H36N2O3. The highest BCUT2D eigenvalue weighted by Gasteiger charge is 2.35. The summed E-state index contributed by atoms with van der Waals surface area (Å²) in [5.74, 6) is 0.756. The van der Waals surface area contributed by atoms with E-state index < -0.39 is 0 Å². The van der Waals surface area contributed by atoms with Crippen molar-refractivity contribution in [3.8, 4) is 5.75 Å². The Balaban J connectivity index is 1.44. The Morgan fingerprint density at radius 1 is 1.06 bits per heavy atom. The van der Waals surface area contributed by atoms with Gasteiger partial charge in [0.2, 0.25) is 0 Å². The van der Waals surface area contributed by atoms with Crippen LogP contribution in [0.15, 0.2) is 36.4 Å². The van der Waals surface area contributed by atoms with Gasteiger partial charge < -0.3 is 10.4 Å². The smallest absolute Gasteiger partial charge is 0.255 e. The van der Waals surface area contributed by atoms with Crippen LogP contribution in [0.2, 0.25) is 0 Å². The predicted octanol–water partition coefficient (Wildman–Crippen LogP) is 5.06. The van der Waals surface area contributed by atoms with Crippen molar-refractivity contribution in [1.29, 1.82) is 0 Å². The van der Waals surface area contributed by atoms with Crippen LogP contribution in [0.1, 0.15) is 75.1 Å². The fourth-order valence-electron chi connectivity index (χ4n) is 5.51. The van der Waals surface area contributed by atoms with E-state index in [0.717, 1.165) is 31.3 Å². The quantitative estimate of drug-likeness (QED) is 0.637. The van der Waals surface area contributed by atoms with Gasteiger partial charge in [0.15, 0.2) is 0 Å². The molecule has 2 aromatic rings. The van der Waals surface area contributed by atoms with E-state index in [2.05, 4.69) is 10.2 Å². The van der Waals surface area contributed by atoms with Crippen molar-refractivity contribution < 1.29 is 14.7 Å². The van der Waals surface area contributed by atoms with Crippen LogP contribution < -0.4 is 5.32 Å². The summed E-state index contributed by atoms with van der Waals surface area (Å²) in [6, 6.07) is 10.9. The van der Waals surface area contributed by atoms with Crippen LogP contribution in [-0.2, 0) is 4.79 Å². The largest absolute Gasteiger partial charge is 0.506 e. The zero-order valence-corrected chi connectivity index (χ0v) is 19.2. The number of phenols is 1. The van der Waals surface area contributed by atoms with E-state index in [9.17, 15) is 14.7 Å². The molecule has 1 aliphatic heterocycles. The average Bonchev–Trinajstić information content (AvgIpc) is 2.81. The first-order valence-corrected chi connectivity index (χ1v) is 12.3. The highest BCUT2D eigenvalue weighted by molar-refractivity contribution is 6.03. The Morgan fingerprint density at radius 3 is 2.62 bits per heavy atom. The van der Waals surface area contributed by atoms with Gasteiger partial charge in [0.05, 0.1) is 11.6 Å². The maximum absolute atomic E-state index is 13.0. The number of amides is 1. The maximum atomic E-state index is 13.0. The van der Waals surface area contributed by atoms with Gasteiger partial charge in [-0.15, -0.1) is 0 Å². The fourth-order valence-corrected chi connectivity index (χ4v) is 5.51. The molecule has 0 bridgehead atoms. The van der Waals surface area contributed by atoms with Crippen molar-refractivity contribution in [2.24, 2.45) is 5.92 Å². The number of carbonyl (C=O) groups excluding carboxylic acids is 2. The summed E-state index contributed by atoms with van der Waals surface area (Å²) in [7, 11) is 0. The fraction of sp³-hybridized carbons (Fsp3) is 0.556. The van der Waals surface area contributed by atoms with E-state index in [0.29, 0.717) is 35.5 Å². The molecule has 1 heterocycles. The number of nitrogens with zero attached hydrogens (tertiary/aromatic N) is 1. The number of Topliss-reactive ketones (excluding diaryl/α,β-unsaturated/α-hetero) is 1. The van der Waals surface area contributed by atoms with Crippen LogP contribution in [0.3, 0.4) is 0 Å². The van der Waals surface area contributed by atoms with Crippen molar-refractivity contribution >= 4 is 22.5 Å². The molecule has 1 saturated carbocycles. The molecule has 172 valence electrons. The van der Waals surface area contributed by atoms with Gasteiger partial charge in [0, 0.05) is 30.9 Å². The van der Waals surface area contributed by atoms with Gasteiger partial charge in [0.25, 0.3) is 5.91 Å². The second-order valence-electron chi connectivity index (χ2n) is 9.61. The number of aromatic hydroxyl groups is 1. The summed E-state index contributed by atoms with van der Waals surface area (Å²) in [5, 5.41) is 15.4. The number of nitrogens with one attached hydrogen (secondary N) is 1. The van der Waals surface area contributed by atoms with Gasteiger partial charge in [-0.2, -0.15) is 0 Å². The van der Waals surface area contributed by atoms with Crippen LogP contribution in [0.5, 0.6) is 5.75 Å². The van der Waals surface area contributed by atoms with Crippen LogP contribution >= 0.6 is 0 Å². The molecule has 0 unspecified atom stereocenters. The molecule has 2 fully saturated rings. The van der Waals surface area contributed by atoms with E-state index in [1.807, 2.05) is 37.3 Å². The van der Waals surface area contributed by atoms with Crippen LogP contribution in [0, 0.1) is 5.92 Å². The van der Waals surface area contributed by atoms with Gasteiger partial charge in [-0.1, -0.05) is 56.5 Å². The first-order valence-electron chi connectivity index (χ1n) is 12.3. The number of benzene rings is 2. The average molecular weight is 437 g/mol. The summed E-state index contributed by atoms with van der Waals surface area (Å²) in [4.78, 5) is 28.4. The minimum absolute atomic E-state index is 0.0222. The Morgan fingerprint density at radius 2 is 1.84 bits per heavy atom. The molecule has 4 rings (SSSR count). The summed E-state index contributed by atoms with van der Waals surface area (Å²) in [6.07, 6.45) is 9.44. The van der Waals surface area contributed by atoms with E-state index in [4.69, 9.17) is 0 Å². The summed E-state index contributed by atoms with van der Waals surface area (Å²) in [5.41, 5.74) is 0.296. The molecule has 1 saturated heterocycles. The number of likely N-dealkylation sites (tertiary alicyclic amines) is 1. The Hall–Kier alpha value is -2.40. The zero-order chi connectivity index (χ0) is 22.5. The summed E-state index contributed by atoms with van der Waals surface area (Å²) in [6.45, 7) is 3.89. The molecule has 1 aliphatic carbocycles. The minimum atomic E-state index is -0.263.